The van der Waals surface area contributed by atoms with E-state index in [-0.39, 0.29) is 0 Å². The average molecular weight is 219 g/mol. The largest absolute Gasteiger partial charge is 0.126 e. The predicted molar refractivity (Wildman–Crippen MR) is 67.1 cm³/mol. The first-order chi connectivity index (χ1) is 6.85. The van der Waals surface area contributed by atoms with Crippen molar-refractivity contribution in [2.24, 2.45) is 5.92 Å². The minimum atomic E-state index is 0.770. The molecule has 1 unspecified atom stereocenters. The zero-order valence-corrected chi connectivity index (χ0v) is 10.8. The molecular formula is C13H27Cl. The normalized spacial score (nSPS) is 17.4. The summed E-state index contributed by atoms with van der Waals surface area (Å²) in [6, 6.07) is 0. The van der Waals surface area contributed by atoms with Gasteiger partial charge in [-0.05, 0) is 12.3 Å². The van der Waals surface area contributed by atoms with Crippen LogP contribution in [0.25, 0.3) is 0 Å². The Labute approximate surface area is 95.4 Å². The maximum absolute atomic E-state index is 5.70. The van der Waals surface area contributed by atoms with Crippen molar-refractivity contribution in [2.75, 3.05) is 5.88 Å². The zero-order chi connectivity index (χ0) is 10.6. The van der Waals surface area contributed by atoms with Gasteiger partial charge in [-0.3, -0.25) is 0 Å². The highest BCUT2D eigenvalue weighted by Gasteiger charge is 2.01. The molecule has 0 amide bonds. The maximum Gasteiger partial charge on any atom is 0.0251 e. The van der Waals surface area contributed by atoms with Crippen LogP contribution in [0.5, 0.6) is 0 Å². The summed E-state index contributed by atoms with van der Waals surface area (Å²) in [5.74, 6) is 1.61. The Morgan fingerprint density at radius 1 is 1.00 bits per heavy atom. The van der Waals surface area contributed by atoms with Crippen LogP contribution in [0.3, 0.4) is 0 Å². The molecule has 1 heteroatoms. The van der Waals surface area contributed by atoms with Gasteiger partial charge in [0.15, 0.2) is 0 Å². The van der Waals surface area contributed by atoms with Crippen molar-refractivity contribution < 1.29 is 0 Å². The lowest BCUT2D eigenvalue weighted by molar-refractivity contribution is 0.497. The average Bonchev–Trinajstić information content (AvgIpc) is 2.78. The van der Waals surface area contributed by atoms with Gasteiger partial charge in [-0.15, -0.1) is 11.6 Å². The minimum Gasteiger partial charge on any atom is -0.126 e. The summed E-state index contributed by atoms with van der Waals surface area (Å²) in [5, 5.41) is 0. The van der Waals surface area contributed by atoms with Gasteiger partial charge in [0.05, 0.1) is 0 Å². The van der Waals surface area contributed by atoms with Crippen molar-refractivity contribution in [3.05, 3.63) is 0 Å². The monoisotopic (exact) mass is 218 g/mol. The topological polar surface area (TPSA) is 0 Å². The van der Waals surface area contributed by atoms with Gasteiger partial charge in [0.2, 0.25) is 0 Å². The van der Waals surface area contributed by atoms with E-state index in [1.807, 2.05) is 0 Å². The van der Waals surface area contributed by atoms with Crippen LogP contribution in [0.15, 0.2) is 0 Å². The number of unbranched alkanes of at least 4 members (excludes halogenated alkanes) is 1. The molecule has 0 aromatic heterocycles. The van der Waals surface area contributed by atoms with Crippen LogP contribution < -0.4 is 0 Å². The first-order valence-electron chi connectivity index (χ1n) is 6.41. The Kier molecular flexibility index (Phi) is 11.6. The standard InChI is InChI=1S/C8H17Cl.C5H10/c1-3-5-6-8(4-2)7-9;1-2-4-5-3-1/h8H,3-7H2,1-2H3;1-5H2. The summed E-state index contributed by atoms with van der Waals surface area (Å²) in [5.41, 5.74) is 0. The molecule has 1 aliphatic rings. The summed E-state index contributed by atoms with van der Waals surface area (Å²) in [6.45, 7) is 4.43. The van der Waals surface area contributed by atoms with Crippen molar-refractivity contribution in [1.29, 1.82) is 0 Å². The Morgan fingerprint density at radius 3 is 1.79 bits per heavy atom. The van der Waals surface area contributed by atoms with Crippen LogP contribution in [-0.2, 0) is 0 Å². The fourth-order valence-corrected chi connectivity index (χ4v) is 2.14. The van der Waals surface area contributed by atoms with Crippen LogP contribution in [0, 0.1) is 5.92 Å². The van der Waals surface area contributed by atoms with E-state index < -0.39 is 0 Å². The van der Waals surface area contributed by atoms with Crippen molar-refractivity contribution >= 4 is 11.6 Å². The Morgan fingerprint density at radius 2 is 1.50 bits per heavy atom. The van der Waals surface area contributed by atoms with Gasteiger partial charge in [-0.1, -0.05) is 65.2 Å². The molecule has 0 aromatic rings. The van der Waals surface area contributed by atoms with E-state index in [0.717, 1.165) is 11.8 Å². The molecule has 0 heterocycles. The number of halogens is 1. The van der Waals surface area contributed by atoms with Gasteiger partial charge in [0.1, 0.15) is 0 Å². The molecule has 1 aliphatic carbocycles. The first kappa shape index (κ1) is 14.3. The second kappa shape index (κ2) is 11.4. The van der Waals surface area contributed by atoms with Crippen LogP contribution in [0.4, 0.5) is 0 Å². The lowest BCUT2D eigenvalue weighted by atomic mass is 10.0. The number of hydrogen-bond acceptors (Lipinski definition) is 0. The third-order valence-electron chi connectivity index (χ3n) is 3.01. The highest BCUT2D eigenvalue weighted by atomic mass is 35.5. The molecule has 1 fully saturated rings. The smallest absolute Gasteiger partial charge is 0.0251 e. The second-order valence-electron chi connectivity index (χ2n) is 4.34. The molecular weight excluding hydrogens is 192 g/mol. The van der Waals surface area contributed by atoms with Crippen LogP contribution in [-0.4, -0.2) is 5.88 Å². The van der Waals surface area contributed by atoms with Gasteiger partial charge < -0.3 is 0 Å². The molecule has 1 atom stereocenters. The van der Waals surface area contributed by atoms with Gasteiger partial charge >= 0.3 is 0 Å². The molecule has 0 aliphatic heterocycles. The van der Waals surface area contributed by atoms with Crippen LogP contribution >= 0.6 is 11.6 Å². The molecule has 0 nitrogen and oxygen atoms in total. The fraction of sp³-hybridized carbons (Fsp3) is 1.00. The molecule has 0 N–H and O–H groups in total. The maximum atomic E-state index is 5.70. The van der Waals surface area contributed by atoms with E-state index in [9.17, 15) is 0 Å². The first-order valence-corrected chi connectivity index (χ1v) is 6.94. The minimum absolute atomic E-state index is 0.770. The Balaban J connectivity index is 0.000000280. The predicted octanol–water partition coefficient (Wildman–Crippen LogP) is 5.39. The molecule has 0 spiro atoms. The van der Waals surface area contributed by atoms with E-state index in [1.165, 1.54) is 57.8 Å². The molecule has 0 aromatic carbocycles. The molecule has 1 rings (SSSR count). The van der Waals surface area contributed by atoms with E-state index in [1.54, 1.807) is 0 Å². The lowest BCUT2D eigenvalue weighted by Crippen LogP contribution is -1.99. The third-order valence-corrected chi connectivity index (χ3v) is 3.45. The Bertz CT molecular complexity index is 85.8. The molecule has 0 radical (unpaired) electrons. The van der Waals surface area contributed by atoms with Gasteiger partial charge in [0.25, 0.3) is 0 Å². The van der Waals surface area contributed by atoms with Gasteiger partial charge in [0, 0.05) is 5.88 Å². The van der Waals surface area contributed by atoms with E-state index in [0.29, 0.717) is 0 Å². The highest BCUT2D eigenvalue weighted by molar-refractivity contribution is 6.18. The van der Waals surface area contributed by atoms with Crippen LogP contribution in [0.1, 0.15) is 71.6 Å². The van der Waals surface area contributed by atoms with Crippen molar-refractivity contribution in [3.8, 4) is 0 Å². The summed E-state index contributed by atoms with van der Waals surface area (Å²) in [7, 11) is 0. The van der Waals surface area contributed by atoms with Gasteiger partial charge in [-0.25, -0.2) is 0 Å². The quantitative estimate of drug-likeness (QED) is 0.543. The molecule has 1 saturated carbocycles. The molecule has 0 saturated heterocycles. The summed E-state index contributed by atoms with van der Waals surface area (Å²) in [6.07, 6.45) is 12.7. The van der Waals surface area contributed by atoms with E-state index in [4.69, 9.17) is 11.6 Å². The summed E-state index contributed by atoms with van der Waals surface area (Å²) in [4.78, 5) is 0. The van der Waals surface area contributed by atoms with Gasteiger partial charge in [-0.2, -0.15) is 0 Å². The Hall–Kier alpha value is 0.290. The zero-order valence-electron chi connectivity index (χ0n) is 10.0. The summed E-state index contributed by atoms with van der Waals surface area (Å²) < 4.78 is 0. The lowest BCUT2D eigenvalue weighted by Gasteiger charge is -2.08. The van der Waals surface area contributed by atoms with Crippen molar-refractivity contribution in [1.82, 2.24) is 0 Å². The van der Waals surface area contributed by atoms with E-state index >= 15 is 0 Å². The number of hydrogen-bond donors (Lipinski definition) is 0. The number of alkyl halides is 1. The van der Waals surface area contributed by atoms with Crippen molar-refractivity contribution in [2.45, 2.75) is 71.6 Å². The number of rotatable bonds is 5. The third kappa shape index (κ3) is 8.87. The fourth-order valence-electron chi connectivity index (χ4n) is 1.77. The molecule has 14 heavy (non-hydrogen) atoms. The van der Waals surface area contributed by atoms with E-state index in [2.05, 4.69) is 13.8 Å². The van der Waals surface area contributed by atoms with Crippen LogP contribution in [0.2, 0.25) is 0 Å². The summed E-state index contributed by atoms with van der Waals surface area (Å²) >= 11 is 5.70. The second-order valence-corrected chi connectivity index (χ2v) is 4.65. The molecule has 0 bridgehead atoms. The SMILES string of the molecule is C1CCCC1.CCCCC(CC)CCl. The molecule has 86 valence electrons. The highest BCUT2D eigenvalue weighted by Crippen LogP contribution is 2.15. The van der Waals surface area contributed by atoms with Crippen molar-refractivity contribution in [3.63, 3.8) is 0 Å².